The average molecular weight is 306 g/mol. The highest BCUT2D eigenvalue weighted by Gasteiger charge is 2.09. The lowest BCUT2D eigenvalue weighted by Crippen LogP contribution is -2.21. The Morgan fingerprint density at radius 1 is 1.00 bits per heavy atom. The molecule has 3 aromatic rings. The number of aromatic nitrogens is 1. The minimum absolute atomic E-state index is 0.00955. The van der Waals surface area contributed by atoms with Crippen LogP contribution in [-0.2, 0) is 0 Å². The minimum Gasteiger partial charge on any atom is -0.494 e. The normalized spacial score (nSPS) is 10.6. The molecule has 2 aromatic carbocycles. The standard InChI is InChI=1S/C19H18N2O2/c1-21(2)19(22)15-9-7-13(8-10-15)16-12-11-14-5-4-6-17(23-3)18(14)20-16/h4-12H,1-3H3. The fourth-order valence-electron chi connectivity index (χ4n) is 2.49. The fraction of sp³-hybridized carbons (Fsp3) is 0.158. The lowest BCUT2D eigenvalue weighted by atomic mass is 10.1. The molecule has 116 valence electrons. The second-order valence-electron chi connectivity index (χ2n) is 5.51. The van der Waals surface area contributed by atoms with Crippen molar-refractivity contribution in [2.45, 2.75) is 0 Å². The summed E-state index contributed by atoms with van der Waals surface area (Å²) in [6.45, 7) is 0. The highest BCUT2D eigenvalue weighted by Crippen LogP contribution is 2.27. The maximum absolute atomic E-state index is 11.9. The predicted octanol–water partition coefficient (Wildman–Crippen LogP) is 3.61. The quantitative estimate of drug-likeness (QED) is 0.742. The molecule has 0 unspecified atom stereocenters. The van der Waals surface area contributed by atoms with Gasteiger partial charge in [0.05, 0.1) is 12.8 Å². The second kappa shape index (κ2) is 6.08. The molecule has 0 aliphatic rings. The predicted molar refractivity (Wildman–Crippen MR) is 91.7 cm³/mol. The van der Waals surface area contributed by atoms with Crippen molar-refractivity contribution in [2.75, 3.05) is 21.2 Å². The van der Waals surface area contributed by atoms with Gasteiger partial charge in [-0.3, -0.25) is 4.79 Å². The van der Waals surface area contributed by atoms with E-state index in [2.05, 4.69) is 0 Å². The van der Waals surface area contributed by atoms with Crippen LogP contribution in [0.15, 0.2) is 54.6 Å². The minimum atomic E-state index is -0.00955. The van der Waals surface area contributed by atoms with E-state index in [0.717, 1.165) is 27.9 Å². The van der Waals surface area contributed by atoms with Gasteiger partial charge in [0.25, 0.3) is 5.91 Å². The zero-order valence-corrected chi connectivity index (χ0v) is 13.4. The van der Waals surface area contributed by atoms with E-state index in [1.165, 1.54) is 0 Å². The Bertz CT molecular complexity index is 855. The molecule has 4 heteroatoms. The van der Waals surface area contributed by atoms with Crippen LogP contribution in [-0.4, -0.2) is 37.0 Å². The summed E-state index contributed by atoms with van der Waals surface area (Å²) in [7, 11) is 5.13. The summed E-state index contributed by atoms with van der Waals surface area (Å²) in [5, 5.41) is 1.03. The van der Waals surface area contributed by atoms with Gasteiger partial charge in [-0.05, 0) is 24.3 Å². The lowest BCUT2D eigenvalue weighted by Gasteiger charge is -2.11. The van der Waals surface area contributed by atoms with E-state index >= 15 is 0 Å². The van der Waals surface area contributed by atoms with Crippen molar-refractivity contribution >= 4 is 16.8 Å². The molecule has 0 spiro atoms. The summed E-state index contributed by atoms with van der Waals surface area (Å²) < 4.78 is 5.38. The number of amides is 1. The fourth-order valence-corrected chi connectivity index (χ4v) is 2.49. The van der Waals surface area contributed by atoms with Crippen molar-refractivity contribution in [2.24, 2.45) is 0 Å². The van der Waals surface area contributed by atoms with E-state index < -0.39 is 0 Å². The summed E-state index contributed by atoms with van der Waals surface area (Å²) in [6, 6.07) is 17.3. The molecule has 23 heavy (non-hydrogen) atoms. The monoisotopic (exact) mass is 306 g/mol. The van der Waals surface area contributed by atoms with Gasteiger partial charge in [-0.1, -0.05) is 30.3 Å². The number of ether oxygens (including phenoxy) is 1. The molecular weight excluding hydrogens is 288 g/mol. The molecule has 1 amide bonds. The number of benzene rings is 2. The summed E-state index contributed by atoms with van der Waals surface area (Å²) in [5.74, 6) is 0.744. The first kappa shape index (κ1) is 15.0. The number of carbonyl (C=O) groups is 1. The van der Waals surface area contributed by atoms with Gasteiger partial charge in [0.1, 0.15) is 11.3 Å². The van der Waals surface area contributed by atoms with E-state index in [4.69, 9.17) is 9.72 Å². The topological polar surface area (TPSA) is 42.4 Å². The number of para-hydroxylation sites is 1. The van der Waals surface area contributed by atoms with Crippen molar-refractivity contribution < 1.29 is 9.53 Å². The van der Waals surface area contributed by atoms with Crippen molar-refractivity contribution in [1.29, 1.82) is 0 Å². The molecule has 1 heterocycles. The Morgan fingerprint density at radius 2 is 1.74 bits per heavy atom. The number of nitrogens with zero attached hydrogens (tertiary/aromatic N) is 2. The summed E-state index contributed by atoms with van der Waals surface area (Å²) in [5.41, 5.74) is 3.32. The highest BCUT2D eigenvalue weighted by molar-refractivity contribution is 5.94. The molecule has 3 rings (SSSR count). The second-order valence-corrected chi connectivity index (χ2v) is 5.51. The van der Waals surface area contributed by atoms with Crippen LogP contribution in [0.5, 0.6) is 5.75 Å². The number of fused-ring (bicyclic) bond motifs is 1. The molecule has 0 bridgehead atoms. The molecule has 0 atom stereocenters. The summed E-state index contributed by atoms with van der Waals surface area (Å²) in [4.78, 5) is 18.2. The van der Waals surface area contributed by atoms with Crippen LogP contribution in [0.4, 0.5) is 0 Å². The highest BCUT2D eigenvalue weighted by atomic mass is 16.5. The zero-order valence-electron chi connectivity index (χ0n) is 13.4. The van der Waals surface area contributed by atoms with Crippen LogP contribution in [0.1, 0.15) is 10.4 Å². The van der Waals surface area contributed by atoms with Crippen LogP contribution < -0.4 is 4.74 Å². The number of hydrogen-bond acceptors (Lipinski definition) is 3. The van der Waals surface area contributed by atoms with Gasteiger partial charge in [-0.2, -0.15) is 0 Å². The van der Waals surface area contributed by atoms with Gasteiger partial charge in [-0.25, -0.2) is 4.98 Å². The molecule has 0 radical (unpaired) electrons. The van der Waals surface area contributed by atoms with Crippen LogP contribution in [0.3, 0.4) is 0 Å². The summed E-state index contributed by atoms with van der Waals surface area (Å²) >= 11 is 0. The first-order valence-corrected chi connectivity index (χ1v) is 7.36. The Balaban J connectivity index is 2.01. The molecule has 4 nitrogen and oxygen atoms in total. The van der Waals surface area contributed by atoms with Gasteiger partial charge in [0.2, 0.25) is 0 Å². The van der Waals surface area contributed by atoms with Crippen LogP contribution in [0.2, 0.25) is 0 Å². The number of pyridine rings is 1. The number of hydrogen-bond donors (Lipinski definition) is 0. The largest absolute Gasteiger partial charge is 0.494 e. The molecule has 0 N–H and O–H groups in total. The molecular formula is C19H18N2O2. The Labute approximate surface area is 135 Å². The molecule has 0 fully saturated rings. The molecule has 0 aliphatic carbocycles. The third kappa shape index (κ3) is 2.88. The van der Waals surface area contributed by atoms with Crippen LogP contribution in [0, 0.1) is 0 Å². The van der Waals surface area contributed by atoms with Crippen molar-refractivity contribution in [3.05, 3.63) is 60.2 Å². The van der Waals surface area contributed by atoms with Gasteiger partial charge >= 0.3 is 0 Å². The smallest absolute Gasteiger partial charge is 0.253 e. The van der Waals surface area contributed by atoms with Crippen molar-refractivity contribution in [3.8, 4) is 17.0 Å². The van der Waals surface area contributed by atoms with E-state index in [1.54, 1.807) is 26.1 Å². The van der Waals surface area contributed by atoms with Crippen LogP contribution >= 0.6 is 0 Å². The maximum Gasteiger partial charge on any atom is 0.253 e. The molecule has 1 aromatic heterocycles. The molecule has 0 saturated heterocycles. The lowest BCUT2D eigenvalue weighted by molar-refractivity contribution is 0.0827. The van der Waals surface area contributed by atoms with Crippen molar-refractivity contribution in [1.82, 2.24) is 9.88 Å². The number of carbonyl (C=O) groups excluding carboxylic acids is 1. The molecule has 0 aliphatic heterocycles. The van der Waals surface area contributed by atoms with E-state index in [0.29, 0.717) is 5.56 Å². The van der Waals surface area contributed by atoms with E-state index in [1.807, 2.05) is 54.6 Å². The van der Waals surface area contributed by atoms with Crippen molar-refractivity contribution in [3.63, 3.8) is 0 Å². The average Bonchev–Trinajstić information content (AvgIpc) is 2.60. The SMILES string of the molecule is COc1cccc2ccc(-c3ccc(C(=O)N(C)C)cc3)nc12. The third-order valence-corrected chi connectivity index (χ3v) is 3.74. The van der Waals surface area contributed by atoms with Gasteiger partial charge in [-0.15, -0.1) is 0 Å². The Hall–Kier alpha value is -2.88. The first-order valence-electron chi connectivity index (χ1n) is 7.36. The van der Waals surface area contributed by atoms with Gasteiger partial charge < -0.3 is 9.64 Å². The van der Waals surface area contributed by atoms with Crippen LogP contribution in [0.25, 0.3) is 22.2 Å². The Morgan fingerprint density at radius 3 is 2.39 bits per heavy atom. The van der Waals surface area contributed by atoms with E-state index in [9.17, 15) is 4.79 Å². The zero-order chi connectivity index (χ0) is 16.4. The first-order chi connectivity index (χ1) is 11.1. The number of rotatable bonds is 3. The third-order valence-electron chi connectivity index (χ3n) is 3.74. The maximum atomic E-state index is 11.9. The van der Waals surface area contributed by atoms with Gasteiger partial charge in [0.15, 0.2) is 0 Å². The Kier molecular flexibility index (Phi) is 3.98. The number of methoxy groups -OCH3 is 1. The molecule has 0 saturated carbocycles. The summed E-state index contributed by atoms with van der Waals surface area (Å²) in [6.07, 6.45) is 0. The van der Waals surface area contributed by atoms with E-state index in [-0.39, 0.29) is 5.91 Å². The van der Waals surface area contributed by atoms with Gasteiger partial charge in [0, 0.05) is 30.6 Å².